The van der Waals surface area contributed by atoms with Gasteiger partial charge in [0.25, 0.3) is 11.8 Å². The second-order valence-electron chi connectivity index (χ2n) is 17.5. The van der Waals surface area contributed by atoms with Gasteiger partial charge in [0.05, 0.1) is 61.5 Å². The molecule has 8 aromatic rings. The first-order valence-corrected chi connectivity index (χ1v) is 24.3. The van der Waals surface area contributed by atoms with Crippen LogP contribution in [0.15, 0.2) is 151 Å². The molecule has 3 aliphatic rings. The summed E-state index contributed by atoms with van der Waals surface area (Å²) in [6, 6.07) is 31.4. The Morgan fingerprint density at radius 2 is 1.27 bits per heavy atom. The minimum absolute atomic E-state index is 0.0158. The van der Waals surface area contributed by atoms with Crippen LogP contribution in [-0.4, -0.2) is 78.6 Å². The van der Waals surface area contributed by atoms with Crippen LogP contribution in [0.3, 0.4) is 0 Å². The molecule has 1 unspecified atom stereocenters. The van der Waals surface area contributed by atoms with E-state index in [9.17, 15) is 33.1 Å². The number of hydrogen-bond acceptors (Lipinski definition) is 13. The Kier molecular flexibility index (Phi) is 15.0. The smallest absolute Gasteiger partial charge is 0.262 e. The summed E-state index contributed by atoms with van der Waals surface area (Å²) < 4.78 is 38.1. The molecular formula is C57H41Cl3F2N6O9. The number of phenolic OH excluding ortho intramolecular Hbond substituents is 1. The number of carbonyl (C=O) groups is 4. The minimum Gasteiger partial charge on any atom is -0.505 e. The van der Waals surface area contributed by atoms with Gasteiger partial charge in [-0.15, -0.1) is 0 Å². The number of ether oxygens (including phenoxy) is 2. The molecule has 1 spiro atoms. The Hall–Kier alpha value is -8.77. The Bertz CT molecular complexity index is 3770. The summed E-state index contributed by atoms with van der Waals surface area (Å²) in [5.74, 6) is -1.83. The fraction of sp³-hybridized carbons (Fsp3) is 0.123. The van der Waals surface area contributed by atoms with Crippen LogP contribution in [0, 0.1) is 18.6 Å². The topological polar surface area (TPSA) is 193 Å². The fourth-order valence-corrected chi connectivity index (χ4v) is 9.71. The van der Waals surface area contributed by atoms with Gasteiger partial charge in [-0.25, -0.2) is 8.78 Å². The van der Waals surface area contributed by atoms with Crippen LogP contribution in [0.4, 0.5) is 8.78 Å². The zero-order valence-corrected chi connectivity index (χ0v) is 43.1. The van der Waals surface area contributed by atoms with E-state index in [1.54, 1.807) is 91.0 Å². The number of halogens is 5. The summed E-state index contributed by atoms with van der Waals surface area (Å²) in [7, 11) is 3.02. The number of methoxy groups -OCH3 is 2. The van der Waals surface area contributed by atoms with Gasteiger partial charge in [-0.05, 0) is 121 Å². The second kappa shape index (κ2) is 21.8. The van der Waals surface area contributed by atoms with E-state index in [0.717, 1.165) is 22.0 Å². The van der Waals surface area contributed by atoms with E-state index in [0.29, 0.717) is 61.2 Å². The molecule has 0 aliphatic carbocycles. The molecule has 3 aliphatic heterocycles. The molecule has 2 N–H and O–H groups in total. The SMILES string of the molecule is C=C1c2c(c(C)c3ncccc3c2OC)C(=O)N1Cc1ccc(F)cc1.COc1c2c(c(O)c3ncccc13)C(=O)N(Cc1ccc(F)cc1)C21CC(C(=O)c2ccc(Cl)cc2)=NO1.O=C(/C(Cl)=N/O)c1ccc(Cl)cc1. The Morgan fingerprint density at radius 3 is 1.83 bits per heavy atom. The van der Waals surface area contributed by atoms with Gasteiger partial charge in [0.2, 0.25) is 22.5 Å². The highest BCUT2D eigenvalue weighted by Crippen LogP contribution is 2.55. The van der Waals surface area contributed by atoms with Crippen LogP contribution >= 0.6 is 34.8 Å². The number of hydrogen-bond donors (Lipinski definition) is 2. The van der Waals surface area contributed by atoms with Crippen molar-refractivity contribution in [1.29, 1.82) is 0 Å². The van der Waals surface area contributed by atoms with Crippen molar-refractivity contribution in [3.8, 4) is 17.2 Å². The van der Waals surface area contributed by atoms with Crippen molar-refractivity contribution >= 4 is 96.6 Å². The second-order valence-corrected chi connectivity index (χ2v) is 18.7. The molecule has 0 saturated carbocycles. The zero-order valence-electron chi connectivity index (χ0n) is 40.9. The van der Waals surface area contributed by atoms with Crippen LogP contribution in [0.2, 0.25) is 10.0 Å². The molecule has 11 rings (SSSR count). The molecule has 0 saturated heterocycles. The monoisotopic (exact) mass is 1100 g/mol. The van der Waals surface area contributed by atoms with Crippen LogP contribution in [-0.2, 0) is 23.7 Å². The quantitative estimate of drug-likeness (QED) is 0.0573. The van der Waals surface area contributed by atoms with E-state index in [4.69, 9.17) is 54.3 Å². The predicted octanol–water partition coefficient (Wildman–Crippen LogP) is 12.1. The maximum Gasteiger partial charge on any atom is 0.262 e. The highest BCUT2D eigenvalue weighted by molar-refractivity contribution is 6.84. The highest BCUT2D eigenvalue weighted by Gasteiger charge is 2.60. The van der Waals surface area contributed by atoms with Gasteiger partial charge >= 0.3 is 0 Å². The molecule has 388 valence electrons. The van der Waals surface area contributed by atoms with E-state index < -0.39 is 34.2 Å². The van der Waals surface area contributed by atoms with Crippen LogP contribution in [0.1, 0.15) is 75.7 Å². The molecular weight excluding hydrogens is 1060 g/mol. The summed E-state index contributed by atoms with van der Waals surface area (Å²) in [6.45, 7) is 6.32. The van der Waals surface area contributed by atoms with Crippen molar-refractivity contribution in [3.05, 3.63) is 212 Å². The molecule has 0 radical (unpaired) electrons. The summed E-state index contributed by atoms with van der Waals surface area (Å²) in [6.07, 6.45) is 3.08. The van der Waals surface area contributed by atoms with E-state index in [1.807, 2.05) is 19.1 Å². The third-order valence-electron chi connectivity index (χ3n) is 13.0. The molecule has 20 heteroatoms. The van der Waals surface area contributed by atoms with Crippen LogP contribution in [0.25, 0.3) is 27.5 Å². The van der Waals surface area contributed by atoms with Crippen molar-refractivity contribution in [3.63, 3.8) is 0 Å². The number of pyridine rings is 2. The van der Waals surface area contributed by atoms with Crippen molar-refractivity contribution in [2.75, 3.05) is 14.2 Å². The van der Waals surface area contributed by atoms with Gasteiger partial charge in [0.1, 0.15) is 34.4 Å². The Morgan fingerprint density at radius 1 is 0.740 bits per heavy atom. The Balaban J connectivity index is 0.000000159. The standard InChI is InChI=1S/C28H19ClFN3O5.C21H17FN2O2.C8H5Cl2NO2/c1-37-26-19-3-2-12-31-23(19)25(35)21-22(26)28(33(27(21)36)14-15-4-10-18(30)11-5-15)13-20(32-38-28)24(34)16-6-8-17(29)9-7-16;1-12-17-18(20(26-3)16-5-4-10-23-19(12)16)13(2)24(21(17)25)11-14-6-8-15(22)9-7-14;9-6-3-1-5(2-4-6)7(12)8(10)11-13/h2-12,35H,13-14H2,1H3;4-10H,2,11H2,1,3H3;1-4,13H/b;;11-8-. The van der Waals surface area contributed by atoms with Gasteiger partial charge < -0.3 is 29.5 Å². The number of carbonyl (C=O) groups excluding carboxylic acids is 4. The molecule has 5 heterocycles. The average Bonchev–Trinajstić information content (AvgIpc) is 4.28. The third kappa shape index (κ3) is 9.87. The van der Waals surface area contributed by atoms with Gasteiger partial charge in [-0.2, -0.15) is 0 Å². The first kappa shape index (κ1) is 53.1. The Labute approximate surface area is 452 Å². The largest absolute Gasteiger partial charge is 0.505 e. The number of oxime groups is 2. The van der Waals surface area contributed by atoms with Gasteiger partial charge in [0.15, 0.2) is 5.75 Å². The van der Waals surface area contributed by atoms with Gasteiger partial charge in [-0.1, -0.05) is 76.0 Å². The maximum absolute atomic E-state index is 13.9. The average molecular weight is 1100 g/mol. The van der Waals surface area contributed by atoms with E-state index in [-0.39, 0.29) is 58.5 Å². The van der Waals surface area contributed by atoms with Gasteiger partial charge in [-0.3, -0.25) is 34.0 Å². The number of rotatable bonds is 10. The van der Waals surface area contributed by atoms with E-state index in [1.165, 1.54) is 54.6 Å². The molecule has 15 nitrogen and oxygen atoms in total. The van der Waals surface area contributed by atoms with Crippen molar-refractivity contribution < 1.29 is 52.6 Å². The van der Waals surface area contributed by atoms with Crippen molar-refractivity contribution in [1.82, 2.24) is 19.8 Å². The predicted molar refractivity (Wildman–Crippen MR) is 286 cm³/mol. The lowest BCUT2D eigenvalue weighted by atomic mass is 9.90. The van der Waals surface area contributed by atoms with Crippen molar-refractivity contribution in [2.45, 2.75) is 32.2 Å². The number of aromatic nitrogens is 2. The van der Waals surface area contributed by atoms with Crippen LogP contribution in [0.5, 0.6) is 17.2 Å². The lowest BCUT2D eigenvalue weighted by Gasteiger charge is -2.33. The number of aromatic hydroxyl groups is 1. The fourth-order valence-electron chi connectivity index (χ4n) is 9.35. The van der Waals surface area contributed by atoms with E-state index in [2.05, 4.69) is 26.9 Å². The number of nitrogens with zero attached hydrogens (tertiary/aromatic N) is 6. The maximum atomic E-state index is 13.9. The number of benzene rings is 6. The number of aryl methyl sites for hydroxylation is 1. The highest BCUT2D eigenvalue weighted by atomic mass is 35.5. The summed E-state index contributed by atoms with van der Waals surface area (Å²) >= 11 is 16.9. The first-order valence-electron chi connectivity index (χ1n) is 23.2. The lowest BCUT2D eigenvalue weighted by Crippen LogP contribution is -2.44. The first-order chi connectivity index (χ1) is 37.0. The minimum atomic E-state index is -1.61. The summed E-state index contributed by atoms with van der Waals surface area (Å²) in [5, 5.41) is 28.0. The number of ketones is 2. The van der Waals surface area contributed by atoms with Crippen LogP contribution < -0.4 is 9.47 Å². The number of fused-ring (bicyclic) bond motifs is 5. The lowest BCUT2D eigenvalue weighted by molar-refractivity contribution is -0.122. The third-order valence-corrected chi connectivity index (χ3v) is 13.7. The molecule has 6 aromatic carbocycles. The molecule has 1 atom stereocenters. The molecule has 2 aromatic heterocycles. The van der Waals surface area contributed by atoms with Crippen molar-refractivity contribution in [2.24, 2.45) is 10.3 Å². The summed E-state index contributed by atoms with van der Waals surface area (Å²) in [5.41, 5.74) is 4.37. The molecule has 0 bridgehead atoms. The van der Waals surface area contributed by atoms with Gasteiger partial charge in [0, 0.05) is 50.0 Å². The number of phenols is 1. The molecule has 2 amide bonds. The number of amides is 2. The summed E-state index contributed by atoms with van der Waals surface area (Å²) in [4.78, 5) is 69.2. The molecule has 0 fully saturated rings. The van der Waals surface area contributed by atoms with E-state index >= 15 is 0 Å². The zero-order chi connectivity index (χ0) is 54.9. The molecule has 77 heavy (non-hydrogen) atoms. The normalized spacial score (nSPS) is 15.4. The number of Topliss-reactive ketones (excluding diaryl/α,β-unsaturated/α-hetero) is 2.